The van der Waals surface area contributed by atoms with E-state index in [0.29, 0.717) is 16.5 Å². The van der Waals surface area contributed by atoms with Gasteiger partial charge in [0.15, 0.2) is 0 Å². The molecule has 1 heterocycles. The van der Waals surface area contributed by atoms with Crippen molar-refractivity contribution in [2.24, 2.45) is 7.05 Å². The molecule has 0 aliphatic carbocycles. The van der Waals surface area contributed by atoms with E-state index in [2.05, 4.69) is 6.07 Å². The molecule has 1 aromatic heterocycles. The highest BCUT2D eigenvalue weighted by molar-refractivity contribution is 6.32. The molecular weight excluding hydrogens is 224 g/mol. The minimum absolute atomic E-state index is 0.556. The molecule has 82 valence electrons. The van der Waals surface area contributed by atoms with Crippen LogP contribution in [0.1, 0.15) is 11.3 Å². The number of nitrogens with zero attached hydrogens (tertiary/aromatic N) is 2. The minimum Gasteiger partial charge on any atom is -0.495 e. The van der Waals surface area contributed by atoms with Crippen LogP contribution >= 0.6 is 11.6 Å². The van der Waals surface area contributed by atoms with E-state index < -0.39 is 0 Å². The normalized spacial score (nSPS) is 10.4. The van der Waals surface area contributed by atoms with Gasteiger partial charge in [-0.1, -0.05) is 11.6 Å². The standard InChI is InChI=1S/C12H11ClN2O/c1-7-8-4-12(16-3)9(13)5-10(8)15(2)11(7)6-14/h4-5H,1-3H3. The lowest BCUT2D eigenvalue weighted by molar-refractivity contribution is 0.415. The summed E-state index contributed by atoms with van der Waals surface area (Å²) in [7, 11) is 3.44. The van der Waals surface area contributed by atoms with Crippen LogP contribution in [0.2, 0.25) is 5.02 Å². The fourth-order valence-electron chi connectivity index (χ4n) is 1.94. The van der Waals surface area contributed by atoms with Crippen molar-refractivity contribution in [3.63, 3.8) is 0 Å². The molecule has 0 saturated heterocycles. The van der Waals surface area contributed by atoms with Gasteiger partial charge >= 0.3 is 0 Å². The van der Waals surface area contributed by atoms with E-state index in [1.807, 2.05) is 30.7 Å². The van der Waals surface area contributed by atoms with Crippen molar-refractivity contribution in [2.75, 3.05) is 7.11 Å². The molecule has 0 aliphatic rings. The molecule has 0 N–H and O–H groups in total. The number of hydrogen-bond donors (Lipinski definition) is 0. The van der Waals surface area contributed by atoms with E-state index in [1.54, 1.807) is 7.11 Å². The van der Waals surface area contributed by atoms with Crippen LogP contribution in [-0.4, -0.2) is 11.7 Å². The van der Waals surface area contributed by atoms with Gasteiger partial charge in [-0.2, -0.15) is 5.26 Å². The number of rotatable bonds is 1. The Hall–Kier alpha value is -1.66. The third-order valence-electron chi connectivity index (χ3n) is 2.83. The van der Waals surface area contributed by atoms with Gasteiger partial charge in [-0.3, -0.25) is 0 Å². The molecule has 1 aromatic carbocycles. The van der Waals surface area contributed by atoms with Crippen LogP contribution in [0.4, 0.5) is 0 Å². The second-order valence-electron chi connectivity index (χ2n) is 3.65. The number of fused-ring (bicyclic) bond motifs is 1. The van der Waals surface area contributed by atoms with Gasteiger partial charge in [-0.05, 0) is 24.6 Å². The molecule has 2 rings (SSSR count). The molecule has 0 amide bonds. The summed E-state index contributed by atoms with van der Waals surface area (Å²) in [6.07, 6.45) is 0. The Morgan fingerprint density at radius 2 is 2.12 bits per heavy atom. The lowest BCUT2D eigenvalue weighted by Crippen LogP contribution is -1.91. The highest BCUT2D eigenvalue weighted by atomic mass is 35.5. The first-order valence-corrected chi connectivity index (χ1v) is 5.20. The average molecular weight is 235 g/mol. The fourth-order valence-corrected chi connectivity index (χ4v) is 2.17. The molecule has 2 aromatic rings. The third kappa shape index (κ3) is 1.35. The zero-order valence-electron chi connectivity index (χ0n) is 9.34. The Morgan fingerprint density at radius 3 is 2.69 bits per heavy atom. The fraction of sp³-hybridized carbons (Fsp3) is 0.250. The number of aryl methyl sites for hydroxylation is 2. The molecule has 0 fully saturated rings. The van der Waals surface area contributed by atoms with E-state index in [-0.39, 0.29) is 0 Å². The lowest BCUT2D eigenvalue weighted by Gasteiger charge is -2.04. The highest BCUT2D eigenvalue weighted by Gasteiger charge is 2.13. The summed E-state index contributed by atoms with van der Waals surface area (Å²) in [4.78, 5) is 0. The number of ether oxygens (including phenoxy) is 1. The van der Waals surface area contributed by atoms with Gasteiger partial charge in [-0.15, -0.1) is 0 Å². The number of benzene rings is 1. The van der Waals surface area contributed by atoms with Crippen molar-refractivity contribution < 1.29 is 4.74 Å². The number of methoxy groups -OCH3 is 1. The summed E-state index contributed by atoms with van der Waals surface area (Å²) in [5.74, 6) is 0.632. The van der Waals surface area contributed by atoms with Crippen molar-refractivity contribution in [3.8, 4) is 11.8 Å². The average Bonchev–Trinajstić information content (AvgIpc) is 2.50. The molecule has 0 atom stereocenters. The summed E-state index contributed by atoms with van der Waals surface area (Å²) < 4.78 is 7.01. The quantitative estimate of drug-likeness (QED) is 0.761. The summed E-state index contributed by atoms with van der Waals surface area (Å²) in [6, 6.07) is 5.88. The Kier molecular flexibility index (Phi) is 2.53. The SMILES string of the molecule is COc1cc2c(C)c(C#N)n(C)c2cc1Cl. The van der Waals surface area contributed by atoms with Crippen molar-refractivity contribution in [2.45, 2.75) is 6.92 Å². The Balaban J connectivity index is 2.90. The van der Waals surface area contributed by atoms with E-state index in [4.69, 9.17) is 21.6 Å². The monoisotopic (exact) mass is 234 g/mol. The molecule has 0 spiro atoms. The van der Waals surface area contributed by atoms with Crippen LogP contribution in [0.3, 0.4) is 0 Å². The van der Waals surface area contributed by atoms with E-state index in [0.717, 1.165) is 16.5 Å². The molecule has 0 saturated carbocycles. The van der Waals surface area contributed by atoms with Gasteiger partial charge in [0, 0.05) is 12.4 Å². The molecule has 0 aliphatic heterocycles. The van der Waals surface area contributed by atoms with Crippen molar-refractivity contribution in [3.05, 3.63) is 28.4 Å². The van der Waals surface area contributed by atoms with E-state index in [9.17, 15) is 0 Å². The van der Waals surface area contributed by atoms with Crippen LogP contribution in [0.15, 0.2) is 12.1 Å². The lowest BCUT2D eigenvalue weighted by atomic mass is 10.1. The summed E-state index contributed by atoms with van der Waals surface area (Å²) in [6.45, 7) is 1.92. The first-order valence-electron chi connectivity index (χ1n) is 4.82. The van der Waals surface area contributed by atoms with Crippen LogP contribution < -0.4 is 4.74 Å². The molecule has 3 nitrogen and oxygen atoms in total. The molecule has 0 radical (unpaired) electrons. The zero-order chi connectivity index (χ0) is 11.9. The molecule has 0 bridgehead atoms. The van der Waals surface area contributed by atoms with Gasteiger partial charge in [0.05, 0.1) is 17.6 Å². The van der Waals surface area contributed by atoms with Gasteiger partial charge < -0.3 is 9.30 Å². The van der Waals surface area contributed by atoms with Crippen LogP contribution in [0.25, 0.3) is 10.9 Å². The summed E-state index contributed by atoms with van der Waals surface area (Å²) >= 11 is 6.06. The number of halogens is 1. The van der Waals surface area contributed by atoms with E-state index in [1.165, 1.54) is 0 Å². The highest BCUT2D eigenvalue weighted by Crippen LogP contribution is 2.33. The Bertz CT molecular complexity index is 608. The van der Waals surface area contributed by atoms with Gasteiger partial charge in [0.25, 0.3) is 0 Å². The van der Waals surface area contributed by atoms with Crippen LogP contribution in [0, 0.1) is 18.3 Å². The predicted octanol–water partition coefficient (Wildman–Crippen LogP) is 3.02. The van der Waals surface area contributed by atoms with Crippen molar-refractivity contribution in [1.29, 1.82) is 5.26 Å². The number of aromatic nitrogens is 1. The summed E-state index contributed by atoms with van der Waals surface area (Å²) in [5, 5.41) is 10.6. The Morgan fingerprint density at radius 1 is 1.44 bits per heavy atom. The maximum absolute atomic E-state index is 9.06. The van der Waals surface area contributed by atoms with Crippen LogP contribution in [-0.2, 0) is 7.05 Å². The second-order valence-corrected chi connectivity index (χ2v) is 4.06. The second kappa shape index (κ2) is 3.73. The molecule has 4 heteroatoms. The smallest absolute Gasteiger partial charge is 0.138 e. The van der Waals surface area contributed by atoms with Crippen molar-refractivity contribution >= 4 is 22.5 Å². The van der Waals surface area contributed by atoms with E-state index >= 15 is 0 Å². The van der Waals surface area contributed by atoms with Crippen molar-refractivity contribution in [1.82, 2.24) is 4.57 Å². The Labute approximate surface area is 98.8 Å². The third-order valence-corrected chi connectivity index (χ3v) is 3.13. The maximum Gasteiger partial charge on any atom is 0.138 e. The van der Waals surface area contributed by atoms with Crippen LogP contribution in [0.5, 0.6) is 5.75 Å². The molecule has 0 unspecified atom stereocenters. The van der Waals surface area contributed by atoms with Gasteiger partial charge in [0.2, 0.25) is 0 Å². The molecule has 16 heavy (non-hydrogen) atoms. The minimum atomic E-state index is 0.556. The number of hydrogen-bond acceptors (Lipinski definition) is 2. The van der Waals surface area contributed by atoms with Gasteiger partial charge in [-0.25, -0.2) is 0 Å². The molecular formula is C12H11ClN2O. The summed E-state index contributed by atoms with van der Waals surface area (Å²) in [5.41, 5.74) is 2.55. The zero-order valence-corrected chi connectivity index (χ0v) is 10.1. The van der Waals surface area contributed by atoms with Gasteiger partial charge in [0.1, 0.15) is 17.5 Å². The predicted molar refractivity (Wildman–Crippen MR) is 63.9 cm³/mol. The number of nitriles is 1. The largest absolute Gasteiger partial charge is 0.495 e. The first-order chi connectivity index (χ1) is 7.60. The topological polar surface area (TPSA) is 37.9 Å². The first kappa shape index (κ1) is 10.8. The maximum atomic E-state index is 9.06.